The maximum absolute atomic E-state index is 5.60. The molecule has 0 spiro atoms. The predicted molar refractivity (Wildman–Crippen MR) is 38.2 cm³/mol. The number of halogens is 1. The third-order valence-electron chi connectivity index (χ3n) is 1.89. The quantitative estimate of drug-likeness (QED) is 0.580. The zero-order chi connectivity index (χ0) is 5.28. The van der Waals surface area contributed by atoms with Gasteiger partial charge >= 0.3 is 0 Å². The third-order valence-corrected chi connectivity index (χ3v) is 1.89. The third kappa shape index (κ3) is 1.64. The largest absolute Gasteiger partial charge is 0.328 e. The minimum Gasteiger partial charge on any atom is -0.328 e. The van der Waals surface area contributed by atoms with Crippen LogP contribution in [0.15, 0.2) is 0 Å². The first-order valence-corrected chi connectivity index (χ1v) is 3.06. The molecule has 2 N–H and O–H groups in total. The summed E-state index contributed by atoms with van der Waals surface area (Å²) in [7, 11) is 0. The van der Waals surface area contributed by atoms with Crippen LogP contribution in [0.3, 0.4) is 0 Å². The molecule has 1 saturated carbocycles. The first-order valence-electron chi connectivity index (χ1n) is 3.06. The summed E-state index contributed by atoms with van der Waals surface area (Å²) >= 11 is 0. The van der Waals surface area contributed by atoms with E-state index in [0.717, 1.165) is 5.92 Å². The summed E-state index contributed by atoms with van der Waals surface area (Å²) in [5.74, 6) is 0.861. The highest BCUT2D eigenvalue weighted by Gasteiger charge is 2.20. The van der Waals surface area contributed by atoms with Gasteiger partial charge in [-0.25, -0.2) is 0 Å². The van der Waals surface area contributed by atoms with E-state index >= 15 is 0 Å². The summed E-state index contributed by atoms with van der Waals surface area (Å²) in [4.78, 5) is 0. The van der Waals surface area contributed by atoms with Gasteiger partial charge in [-0.3, -0.25) is 0 Å². The van der Waals surface area contributed by atoms with Crippen molar-refractivity contribution in [1.82, 2.24) is 0 Å². The molecular weight excluding hydrogens is 122 g/mol. The average molecular weight is 136 g/mol. The van der Waals surface area contributed by atoms with Crippen molar-refractivity contribution in [1.29, 1.82) is 0 Å². The van der Waals surface area contributed by atoms with E-state index in [-0.39, 0.29) is 12.4 Å². The molecule has 1 nitrogen and oxygen atoms in total. The van der Waals surface area contributed by atoms with Crippen molar-refractivity contribution in [3.05, 3.63) is 0 Å². The monoisotopic (exact) mass is 135 g/mol. The number of hydrogen-bond acceptors (Lipinski definition) is 1. The SMILES string of the molecule is C[C@H](N)C1CCC1.Cl. The summed E-state index contributed by atoms with van der Waals surface area (Å²) in [5.41, 5.74) is 5.60. The molecule has 0 saturated heterocycles. The molecule has 1 aliphatic rings. The van der Waals surface area contributed by atoms with E-state index in [2.05, 4.69) is 6.92 Å². The topological polar surface area (TPSA) is 26.0 Å². The van der Waals surface area contributed by atoms with E-state index in [4.69, 9.17) is 5.73 Å². The fourth-order valence-electron chi connectivity index (χ4n) is 0.966. The minimum absolute atomic E-state index is 0. The molecule has 1 fully saturated rings. The molecule has 50 valence electrons. The first-order chi connectivity index (χ1) is 3.30. The average Bonchev–Trinajstić information content (AvgIpc) is 1.23. The lowest BCUT2D eigenvalue weighted by molar-refractivity contribution is 0.273. The van der Waals surface area contributed by atoms with Crippen molar-refractivity contribution in [2.45, 2.75) is 32.2 Å². The van der Waals surface area contributed by atoms with Gasteiger partial charge < -0.3 is 5.73 Å². The molecule has 0 amide bonds. The van der Waals surface area contributed by atoms with E-state index in [0.29, 0.717) is 6.04 Å². The van der Waals surface area contributed by atoms with Gasteiger partial charge in [0.2, 0.25) is 0 Å². The van der Waals surface area contributed by atoms with Gasteiger partial charge in [0.25, 0.3) is 0 Å². The van der Waals surface area contributed by atoms with Crippen molar-refractivity contribution in [2.75, 3.05) is 0 Å². The molecule has 1 atom stereocenters. The van der Waals surface area contributed by atoms with Crippen LogP contribution in [0.5, 0.6) is 0 Å². The van der Waals surface area contributed by atoms with Crippen LogP contribution in [0.25, 0.3) is 0 Å². The van der Waals surface area contributed by atoms with Crippen molar-refractivity contribution in [3.8, 4) is 0 Å². The Bertz CT molecular complexity index is 59.5. The minimum atomic E-state index is 0. The van der Waals surface area contributed by atoms with Gasteiger partial charge in [0, 0.05) is 6.04 Å². The summed E-state index contributed by atoms with van der Waals surface area (Å²) in [6, 6.07) is 0.453. The molecule has 1 aliphatic carbocycles. The van der Waals surface area contributed by atoms with E-state index in [9.17, 15) is 0 Å². The molecule has 0 aliphatic heterocycles. The molecule has 0 aromatic carbocycles. The Morgan fingerprint density at radius 2 is 2.00 bits per heavy atom. The van der Waals surface area contributed by atoms with Crippen LogP contribution in [-0.2, 0) is 0 Å². The van der Waals surface area contributed by atoms with Crippen molar-refractivity contribution < 1.29 is 0 Å². The molecule has 0 aromatic rings. The van der Waals surface area contributed by atoms with Gasteiger partial charge in [0.1, 0.15) is 0 Å². The lowest BCUT2D eigenvalue weighted by atomic mass is 9.81. The van der Waals surface area contributed by atoms with Crippen LogP contribution in [0.2, 0.25) is 0 Å². The Labute approximate surface area is 57.1 Å². The van der Waals surface area contributed by atoms with Crippen molar-refractivity contribution >= 4 is 12.4 Å². The smallest absolute Gasteiger partial charge is 0.00387 e. The van der Waals surface area contributed by atoms with Gasteiger partial charge in [-0.2, -0.15) is 0 Å². The highest BCUT2D eigenvalue weighted by atomic mass is 35.5. The zero-order valence-electron chi connectivity index (χ0n) is 5.26. The summed E-state index contributed by atoms with van der Waals surface area (Å²) in [6.07, 6.45) is 4.15. The Kier molecular flexibility index (Phi) is 3.41. The highest BCUT2D eigenvalue weighted by Crippen LogP contribution is 2.27. The normalized spacial score (nSPS) is 23.2. The summed E-state index contributed by atoms with van der Waals surface area (Å²) < 4.78 is 0. The first kappa shape index (κ1) is 8.25. The van der Waals surface area contributed by atoms with Gasteiger partial charge in [-0.15, -0.1) is 12.4 Å². The zero-order valence-corrected chi connectivity index (χ0v) is 6.08. The van der Waals surface area contributed by atoms with E-state index in [1.165, 1.54) is 19.3 Å². The maximum Gasteiger partial charge on any atom is 0.00387 e. The van der Waals surface area contributed by atoms with Crippen LogP contribution < -0.4 is 5.73 Å². The number of nitrogens with two attached hydrogens (primary N) is 1. The lowest BCUT2D eigenvalue weighted by Crippen LogP contribution is -2.31. The second-order valence-electron chi connectivity index (χ2n) is 2.55. The van der Waals surface area contributed by atoms with E-state index < -0.39 is 0 Å². The second kappa shape index (κ2) is 3.31. The molecule has 1 rings (SSSR count). The van der Waals surface area contributed by atoms with E-state index in [1.54, 1.807) is 0 Å². The summed E-state index contributed by atoms with van der Waals surface area (Å²) in [5, 5.41) is 0. The Morgan fingerprint density at radius 3 is 2.00 bits per heavy atom. The lowest BCUT2D eigenvalue weighted by Gasteiger charge is -2.28. The molecule has 0 bridgehead atoms. The number of hydrogen-bond donors (Lipinski definition) is 1. The fraction of sp³-hybridized carbons (Fsp3) is 1.00. The standard InChI is InChI=1S/C6H13N.ClH/c1-5(7)6-3-2-4-6;/h5-6H,2-4,7H2,1H3;1H/t5-;/m0./s1. The van der Waals surface area contributed by atoms with Gasteiger partial charge in [-0.1, -0.05) is 6.42 Å². The molecule has 2 heteroatoms. The predicted octanol–water partition coefficient (Wildman–Crippen LogP) is 1.56. The molecule has 0 unspecified atom stereocenters. The van der Waals surface area contributed by atoms with Crippen LogP contribution in [0.1, 0.15) is 26.2 Å². The second-order valence-corrected chi connectivity index (χ2v) is 2.55. The number of rotatable bonds is 1. The Hall–Kier alpha value is 0.250. The molecule has 0 radical (unpaired) electrons. The fourth-order valence-corrected chi connectivity index (χ4v) is 0.966. The van der Waals surface area contributed by atoms with Gasteiger partial charge in [0.15, 0.2) is 0 Å². The van der Waals surface area contributed by atoms with Crippen LogP contribution in [0, 0.1) is 5.92 Å². The van der Waals surface area contributed by atoms with Crippen LogP contribution in [0.4, 0.5) is 0 Å². The molecular formula is C6H14ClN. The van der Waals surface area contributed by atoms with Crippen LogP contribution in [-0.4, -0.2) is 6.04 Å². The Balaban J connectivity index is 0.000000490. The van der Waals surface area contributed by atoms with Gasteiger partial charge in [0.05, 0.1) is 0 Å². The van der Waals surface area contributed by atoms with Crippen molar-refractivity contribution in [2.24, 2.45) is 11.7 Å². The molecule has 8 heavy (non-hydrogen) atoms. The summed E-state index contributed by atoms with van der Waals surface area (Å²) in [6.45, 7) is 2.10. The molecule has 0 aromatic heterocycles. The van der Waals surface area contributed by atoms with Crippen LogP contribution >= 0.6 is 12.4 Å². The van der Waals surface area contributed by atoms with E-state index in [1.807, 2.05) is 0 Å². The molecule has 0 heterocycles. The Morgan fingerprint density at radius 1 is 1.50 bits per heavy atom. The van der Waals surface area contributed by atoms with Gasteiger partial charge in [-0.05, 0) is 25.7 Å². The van der Waals surface area contributed by atoms with Crippen molar-refractivity contribution in [3.63, 3.8) is 0 Å². The highest BCUT2D eigenvalue weighted by molar-refractivity contribution is 5.85. The maximum atomic E-state index is 5.60.